The van der Waals surface area contributed by atoms with Crippen molar-refractivity contribution in [1.29, 1.82) is 0 Å². The van der Waals surface area contributed by atoms with Crippen LogP contribution in [0.2, 0.25) is 0 Å². The lowest BCUT2D eigenvalue weighted by molar-refractivity contribution is -0.141. The normalized spacial score (nSPS) is 12.2. The van der Waals surface area contributed by atoms with Crippen LogP contribution in [0.25, 0.3) is 0 Å². The first-order valence-electron chi connectivity index (χ1n) is 5.16. The maximum absolute atomic E-state index is 12.9. The number of aliphatic carboxylic acids is 1. The van der Waals surface area contributed by atoms with Gasteiger partial charge in [-0.2, -0.15) is 0 Å². The second kappa shape index (κ2) is 5.52. The summed E-state index contributed by atoms with van der Waals surface area (Å²) in [5.74, 6) is -4.51. The molecule has 0 bridgehead atoms. The number of benzene rings is 1. The van der Waals surface area contributed by atoms with Gasteiger partial charge >= 0.3 is 5.97 Å². The summed E-state index contributed by atoms with van der Waals surface area (Å²) < 4.78 is 25.5. The van der Waals surface area contributed by atoms with Crippen LogP contribution < -0.4 is 0 Å². The largest absolute Gasteiger partial charge is 0.481 e. The molecule has 0 aliphatic heterocycles. The quantitative estimate of drug-likeness (QED) is 0.807. The van der Waals surface area contributed by atoms with Gasteiger partial charge in [0, 0.05) is 12.0 Å². The Morgan fingerprint density at radius 3 is 2.41 bits per heavy atom. The molecule has 0 fully saturated rings. The van der Waals surface area contributed by atoms with Gasteiger partial charge in [-0.1, -0.05) is 6.92 Å². The lowest BCUT2D eigenvalue weighted by atomic mass is 9.96. The van der Waals surface area contributed by atoms with Gasteiger partial charge in [0.15, 0.2) is 17.4 Å². The molecule has 0 saturated heterocycles. The highest BCUT2D eigenvalue weighted by molar-refractivity contribution is 5.97. The number of rotatable bonds is 5. The van der Waals surface area contributed by atoms with Crippen LogP contribution >= 0.6 is 0 Å². The van der Waals surface area contributed by atoms with Crippen molar-refractivity contribution < 1.29 is 23.5 Å². The predicted octanol–water partition coefficient (Wildman–Crippen LogP) is 2.65. The Labute approximate surface area is 97.1 Å². The van der Waals surface area contributed by atoms with Crippen LogP contribution in [0.5, 0.6) is 0 Å². The molecular formula is C12H12F2O3. The highest BCUT2D eigenvalue weighted by atomic mass is 19.2. The van der Waals surface area contributed by atoms with E-state index in [1.165, 1.54) is 0 Å². The molecule has 1 rings (SSSR count). The monoisotopic (exact) mass is 242 g/mol. The zero-order valence-corrected chi connectivity index (χ0v) is 9.24. The first kappa shape index (κ1) is 13.3. The van der Waals surface area contributed by atoms with E-state index in [2.05, 4.69) is 0 Å². The molecule has 0 radical (unpaired) electrons. The first-order chi connectivity index (χ1) is 7.95. The fourth-order valence-electron chi connectivity index (χ4n) is 1.42. The molecule has 1 unspecified atom stereocenters. The van der Waals surface area contributed by atoms with E-state index >= 15 is 0 Å². The number of halogens is 2. The molecular weight excluding hydrogens is 230 g/mol. The van der Waals surface area contributed by atoms with Crippen LogP contribution in [0.15, 0.2) is 18.2 Å². The van der Waals surface area contributed by atoms with Crippen LogP contribution in [0, 0.1) is 17.6 Å². The number of Topliss-reactive ketones (excluding diaryl/α,β-unsaturated/α-hetero) is 1. The Bertz CT molecular complexity index is 443. The molecule has 17 heavy (non-hydrogen) atoms. The number of carboxylic acids is 1. The third-order valence-electron chi connectivity index (χ3n) is 2.52. The highest BCUT2D eigenvalue weighted by Crippen LogP contribution is 2.15. The third-order valence-corrected chi connectivity index (χ3v) is 2.52. The van der Waals surface area contributed by atoms with Gasteiger partial charge in [0.1, 0.15) is 0 Å². The summed E-state index contributed by atoms with van der Waals surface area (Å²) >= 11 is 0. The Morgan fingerprint density at radius 1 is 1.29 bits per heavy atom. The number of carbonyl (C=O) groups excluding carboxylic acids is 1. The van der Waals surface area contributed by atoms with Crippen LogP contribution in [0.3, 0.4) is 0 Å². The van der Waals surface area contributed by atoms with Crippen molar-refractivity contribution in [3.05, 3.63) is 35.4 Å². The van der Waals surface area contributed by atoms with Gasteiger partial charge in [0.25, 0.3) is 0 Å². The van der Waals surface area contributed by atoms with Gasteiger partial charge < -0.3 is 5.11 Å². The first-order valence-corrected chi connectivity index (χ1v) is 5.16. The standard InChI is InChI=1S/C12H12F2O3/c1-2-7(12(16)17)6-11(15)8-3-4-9(13)10(14)5-8/h3-5,7H,2,6H2,1H3,(H,16,17). The van der Waals surface area contributed by atoms with E-state index < -0.39 is 29.3 Å². The average molecular weight is 242 g/mol. The maximum atomic E-state index is 12.9. The van der Waals surface area contributed by atoms with Crippen molar-refractivity contribution in [3.63, 3.8) is 0 Å². The molecule has 1 aromatic rings. The van der Waals surface area contributed by atoms with E-state index in [1.807, 2.05) is 0 Å². The summed E-state index contributed by atoms with van der Waals surface area (Å²) in [6.07, 6.45) is 0.0989. The van der Waals surface area contributed by atoms with Crippen LogP contribution in [-0.4, -0.2) is 16.9 Å². The van der Waals surface area contributed by atoms with Crippen LogP contribution in [-0.2, 0) is 4.79 Å². The van der Waals surface area contributed by atoms with Crippen LogP contribution in [0.4, 0.5) is 8.78 Å². The molecule has 1 N–H and O–H groups in total. The van der Waals surface area contributed by atoms with Crippen LogP contribution in [0.1, 0.15) is 30.1 Å². The number of hydrogen-bond donors (Lipinski definition) is 1. The molecule has 1 atom stereocenters. The van der Waals surface area contributed by atoms with E-state index in [4.69, 9.17) is 5.11 Å². The predicted molar refractivity (Wildman–Crippen MR) is 56.7 cm³/mol. The van der Waals surface area contributed by atoms with E-state index in [1.54, 1.807) is 6.92 Å². The second-order valence-electron chi connectivity index (χ2n) is 3.70. The van der Waals surface area contributed by atoms with Crippen molar-refractivity contribution in [3.8, 4) is 0 Å². The lowest BCUT2D eigenvalue weighted by Gasteiger charge is -2.08. The molecule has 0 spiro atoms. The van der Waals surface area contributed by atoms with Gasteiger partial charge in [-0.3, -0.25) is 9.59 Å². The topological polar surface area (TPSA) is 54.4 Å². The van der Waals surface area contributed by atoms with E-state index in [9.17, 15) is 18.4 Å². The summed E-state index contributed by atoms with van der Waals surface area (Å²) in [7, 11) is 0. The summed E-state index contributed by atoms with van der Waals surface area (Å²) in [6.45, 7) is 1.65. The molecule has 0 heterocycles. The molecule has 0 aliphatic rings. The third kappa shape index (κ3) is 3.34. The molecule has 0 saturated carbocycles. The van der Waals surface area contributed by atoms with Gasteiger partial charge in [-0.05, 0) is 24.6 Å². The molecule has 92 valence electrons. The molecule has 1 aromatic carbocycles. The highest BCUT2D eigenvalue weighted by Gasteiger charge is 2.20. The van der Waals surface area contributed by atoms with Gasteiger partial charge in [-0.25, -0.2) is 8.78 Å². The van der Waals surface area contributed by atoms with Crippen molar-refractivity contribution in [2.75, 3.05) is 0 Å². The molecule has 5 heteroatoms. The smallest absolute Gasteiger partial charge is 0.306 e. The maximum Gasteiger partial charge on any atom is 0.306 e. The van der Waals surface area contributed by atoms with E-state index in [0.717, 1.165) is 18.2 Å². The van der Waals surface area contributed by atoms with Crippen molar-refractivity contribution in [1.82, 2.24) is 0 Å². The molecule has 0 aliphatic carbocycles. The minimum atomic E-state index is -1.11. The number of carbonyl (C=O) groups is 2. The van der Waals surface area contributed by atoms with Gasteiger partial charge in [0.2, 0.25) is 0 Å². The minimum Gasteiger partial charge on any atom is -0.481 e. The lowest BCUT2D eigenvalue weighted by Crippen LogP contribution is -2.17. The second-order valence-corrected chi connectivity index (χ2v) is 3.70. The fraction of sp³-hybridized carbons (Fsp3) is 0.333. The van der Waals surface area contributed by atoms with E-state index in [-0.39, 0.29) is 12.0 Å². The fourth-order valence-corrected chi connectivity index (χ4v) is 1.42. The average Bonchev–Trinajstić information content (AvgIpc) is 2.28. The SMILES string of the molecule is CCC(CC(=O)c1ccc(F)c(F)c1)C(=O)O. The summed E-state index contributed by atoms with van der Waals surface area (Å²) in [5, 5.41) is 8.78. The summed E-state index contributed by atoms with van der Waals surface area (Å²) in [5.41, 5.74) is -0.0106. The number of ketones is 1. The Morgan fingerprint density at radius 2 is 1.94 bits per heavy atom. The molecule has 0 aromatic heterocycles. The Kier molecular flexibility index (Phi) is 4.31. The van der Waals surface area contributed by atoms with Gasteiger partial charge in [-0.15, -0.1) is 0 Å². The Hall–Kier alpha value is -1.78. The molecule has 3 nitrogen and oxygen atoms in total. The van der Waals surface area contributed by atoms with Gasteiger partial charge in [0.05, 0.1) is 5.92 Å². The number of hydrogen-bond acceptors (Lipinski definition) is 2. The summed E-state index contributed by atoms with van der Waals surface area (Å²) in [6, 6.07) is 2.78. The van der Waals surface area contributed by atoms with Crippen molar-refractivity contribution >= 4 is 11.8 Å². The molecule has 0 amide bonds. The zero-order chi connectivity index (χ0) is 13.0. The Balaban J connectivity index is 2.82. The summed E-state index contributed by atoms with van der Waals surface area (Å²) in [4.78, 5) is 22.4. The van der Waals surface area contributed by atoms with Crippen molar-refractivity contribution in [2.45, 2.75) is 19.8 Å². The van der Waals surface area contributed by atoms with E-state index in [0.29, 0.717) is 6.42 Å². The van der Waals surface area contributed by atoms with Crippen molar-refractivity contribution in [2.24, 2.45) is 5.92 Å². The number of carboxylic acid groups (broad SMARTS) is 1. The minimum absolute atomic E-state index is 0.0106. The zero-order valence-electron chi connectivity index (χ0n) is 9.24.